The first-order valence-electron chi connectivity index (χ1n) is 11.1. The smallest absolute Gasteiger partial charge is 0.236 e. The number of benzene rings is 1. The molecule has 1 saturated heterocycles. The number of hydrogen-bond acceptors (Lipinski definition) is 8. The van der Waals surface area contributed by atoms with E-state index >= 15 is 0 Å². The first-order valence-corrected chi connectivity index (χ1v) is 11.1. The average molecular weight is 440 g/mol. The fraction of sp³-hybridized carbons (Fsp3) is 0.522. The maximum atomic E-state index is 11.3. The van der Waals surface area contributed by atoms with Crippen molar-refractivity contribution >= 4 is 17.4 Å². The number of carbonyl (C=O) groups excluding carboxylic acids is 1. The molecule has 1 aliphatic carbocycles. The molecule has 1 saturated carbocycles. The first kappa shape index (κ1) is 22.4. The molecular formula is C23H33N7O2. The molecule has 9 heteroatoms. The summed E-state index contributed by atoms with van der Waals surface area (Å²) in [6.07, 6.45) is 4.63. The minimum atomic E-state index is -0.862. The monoisotopic (exact) mass is 439 g/mol. The highest BCUT2D eigenvalue weighted by molar-refractivity contribution is 5.80. The molecule has 1 spiro atoms. The lowest BCUT2D eigenvalue weighted by molar-refractivity contribution is -0.116. The van der Waals surface area contributed by atoms with Crippen molar-refractivity contribution < 1.29 is 9.90 Å². The summed E-state index contributed by atoms with van der Waals surface area (Å²) in [7, 11) is 4.29. The maximum absolute atomic E-state index is 11.3. The van der Waals surface area contributed by atoms with Gasteiger partial charge in [0, 0.05) is 17.6 Å². The molecule has 1 atom stereocenters. The number of rotatable bonds is 6. The van der Waals surface area contributed by atoms with Crippen LogP contribution in [0, 0.1) is 6.92 Å². The Kier molecular flexibility index (Phi) is 6.07. The highest BCUT2D eigenvalue weighted by Gasteiger charge is 2.50. The number of anilines is 2. The molecule has 0 bridgehead atoms. The van der Waals surface area contributed by atoms with E-state index in [4.69, 9.17) is 5.73 Å². The van der Waals surface area contributed by atoms with Gasteiger partial charge in [-0.25, -0.2) is 9.97 Å². The van der Waals surface area contributed by atoms with Crippen LogP contribution in [0.15, 0.2) is 36.5 Å². The van der Waals surface area contributed by atoms with Crippen LogP contribution < -0.4 is 21.3 Å². The number of primary amides is 1. The van der Waals surface area contributed by atoms with Gasteiger partial charge in [-0.05, 0) is 52.3 Å². The van der Waals surface area contributed by atoms with Crippen molar-refractivity contribution in [2.75, 3.05) is 37.4 Å². The SMILES string of the molecule is Cc1ncc(N2CC3(CCC(c4ccccc4)(N(C)C)CC3)NC2O)c(NCC(N)=O)n1. The molecule has 1 unspecified atom stereocenters. The first-order chi connectivity index (χ1) is 15.2. The van der Waals surface area contributed by atoms with Crippen LogP contribution in [0.5, 0.6) is 0 Å². The zero-order chi connectivity index (χ0) is 22.9. The van der Waals surface area contributed by atoms with Crippen molar-refractivity contribution in [1.29, 1.82) is 0 Å². The number of aliphatic hydroxyl groups excluding tert-OH is 1. The molecular weight excluding hydrogens is 406 g/mol. The minimum absolute atomic E-state index is 0.0201. The van der Waals surface area contributed by atoms with E-state index in [1.54, 1.807) is 13.1 Å². The fourth-order valence-electron chi connectivity index (χ4n) is 5.19. The summed E-state index contributed by atoms with van der Waals surface area (Å²) >= 11 is 0. The van der Waals surface area contributed by atoms with Gasteiger partial charge in [0.05, 0.1) is 12.7 Å². The van der Waals surface area contributed by atoms with Crippen LogP contribution >= 0.6 is 0 Å². The van der Waals surface area contributed by atoms with E-state index in [0.717, 1.165) is 25.7 Å². The number of aliphatic hydroxyl groups is 1. The van der Waals surface area contributed by atoms with E-state index in [1.165, 1.54) is 5.56 Å². The van der Waals surface area contributed by atoms with E-state index in [1.807, 2.05) is 4.90 Å². The third-order valence-electron chi connectivity index (χ3n) is 7.03. The quantitative estimate of drug-likeness (QED) is 0.529. The Morgan fingerprint density at radius 2 is 1.97 bits per heavy atom. The number of aryl methyl sites for hydroxylation is 1. The molecule has 1 amide bonds. The molecule has 2 fully saturated rings. The van der Waals surface area contributed by atoms with Crippen LogP contribution in [0.1, 0.15) is 37.1 Å². The van der Waals surface area contributed by atoms with Crippen LogP contribution in [0.3, 0.4) is 0 Å². The van der Waals surface area contributed by atoms with Crippen LogP contribution in [-0.4, -0.2) is 65.0 Å². The van der Waals surface area contributed by atoms with Crippen LogP contribution in [0.4, 0.5) is 11.5 Å². The lowest BCUT2D eigenvalue weighted by atomic mass is 9.69. The lowest BCUT2D eigenvalue weighted by Crippen LogP contribution is -2.54. The van der Waals surface area contributed by atoms with Crippen molar-refractivity contribution in [3.63, 3.8) is 0 Å². The van der Waals surface area contributed by atoms with Gasteiger partial charge in [-0.2, -0.15) is 0 Å². The fourth-order valence-corrected chi connectivity index (χ4v) is 5.19. The summed E-state index contributed by atoms with van der Waals surface area (Å²) < 4.78 is 0. The number of aromatic nitrogens is 2. The number of nitrogens with one attached hydrogen (secondary N) is 2. The van der Waals surface area contributed by atoms with Crippen LogP contribution in [0.25, 0.3) is 0 Å². The van der Waals surface area contributed by atoms with E-state index < -0.39 is 12.3 Å². The topological polar surface area (TPSA) is 120 Å². The summed E-state index contributed by atoms with van der Waals surface area (Å²) in [5, 5.41) is 17.3. The summed E-state index contributed by atoms with van der Waals surface area (Å²) in [6, 6.07) is 10.7. The van der Waals surface area contributed by atoms with Gasteiger partial charge < -0.3 is 21.1 Å². The van der Waals surface area contributed by atoms with Gasteiger partial charge in [-0.3, -0.25) is 15.0 Å². The molecule has 2 aliphatic rings. The predicted octanol–water partition coefficient (Wildman–Crippen LogP) is 1.14. The molecule has 2 aromatic rings. The van der Waals surface area contributed by atoms with Gasteiger partial charge in [0.25, 0.3) is 0 Å². The maximum Gasteiger partial charge on any atom is 0.236 e. The van der Waals surface area contributed by atoms with Gasteiger partial charge in [0.2, 0.25) is 5.91 Å². The Morgan fingerprint density at radius 1 is 1.28 bits per heavy atom. The van der Waals surface area contributed by atoms with E-state index in [-0.39, 0.29) is 17.6 Å². The molecule has 1 aromatic carbocycles. The largest absolute Gasteiger partial charge is 0.368 e. The van der Waals surface area contributed by atoms with Crippen molar-refractivity contribution in [3.8, 4) is 0 Å². The average Bonchev–Trinajstić information content (AvgIpc) is 3.09. The third-order valence-corrected chi connectivity index (χ3v) is 7.03. The summed E-state index contributed by atoms with van der Waals surface area (Å²) in [4.78, 5) is 24.2. The van der Waals surface area contributed by atoms with Crippen molar-refractivity contribution in [2.45, 2.75) is 50.0 Å². The van der Waals surface area contributed by atoms with E-state index in [2.05, 4.69) is 69.9 Å². The molecule has 0 radical (unpaired) electrons. The molecule has 4 rings (SSSR count). The Hall–Kier alpha value is -2.75. The molecule has 2 heterocycles. The van der Waals surface area contributed by atoms with Gasteiger partial charge >= 0.3 is 0 Å². The number of amides is 1. The Bertz CT molecular complexity index is 958. The normalized spacial score (nSPS) is 27.8. The second-order valence-corrected chi connectivity index (χ2v) is 9.19. The third kappa shape index (κ3) is 4.15. The van der Waals surface area contributed by atoms with E-state index in [9.17, 15) is 9.90 Å². The molecule has 172 valence electrons. The zero-order valence-electron chi connectivity index (χ0n) is 19.0. The standard InChI is InChI=1S/C23H33N7O2/c1-16-25-13-18(20(27-16)26-14-19(24)31)30-15-22(28-21(30)32)9-11-23(12-10-22,29(2)3)17-7-5-4-6-8-17/h4-8,13,21,28,32H,9-12,14-15H2,1-3H3,(H2,24,31)(H,25,26,27). The van der Waals surface area contributed by atoms with Gasteiger partial charge in [-0.1, -0.05) is 30.3 Å². The summed E-state index contributed by atoms with van der Waals surface area (Å²) in [5.74, 6) is 0.599. The lowest BCUT2D eigenvalue weighted by Gasteiger charge is -2.49. The number of nitrogens with two attached hydrogens (primary N) is 1. The summed E-state index contributed by atoms with van der Waals surface area (Å²) in [5.41, 5.74) is 7.05. The Morgan fingerprint density at radius 3 is 2.59 bits per heavy atom. The Balaban J connectivity index is 1.55. The van der Waals surface area contributed by atoms with Crippen molar-refractivity contribution in [2.24, 2.45) is 5.73 Å². The predicted molar refractivity (Wildman–Crippen MR) is 124 cm³/mol. The molecule has 1 aromatic heterocycles. The Labute approximate surface area is 189 Å². The van der Waals surface area contributed by atoms with Gasteiger partial charge in [0.1, 0.15) is 11.5 Å². The zero-order valence-corrected chi connectivity index (χ0v) is 19.0. The highest BCUT2D eigenvalue weighted by Crippen LogP contribution is 2.47. The molecule has 1 aliphatic heterocycles. The number of hydrogen-bond donors (Lipinski definition) is 4. The van der Waals surface area contributed by atoms with Crippen LogP contribution in [-0.2, 0) is 10.3 Å². The second kappa shape index (κ2) is 8.65. The second-order valence-electron chi connectivity index (χ2n) is 9.19. The highest BCUT2D eigenvalue weighted by atomic mass is 16.3. The van der Waals surface area contributed by atoms with Crippen molar-refractivity contribution in [3.05, 3.63) is 47.9 Å². The molecule has 5 N–H and O–H groups in total. The van der Waals surface area contributed by atoms with E-state index in [0.29, 0.717) is 23.9 Å². The minimum Gasteiger partial charge on any atom is -0.368 e. The summed E-state index contributed by atoms with van der Waals surface area (Å²) in [6.45, 7) is 2.38. The van der Waals surface area contributed by atoms with Gasteiger partial charge in [-0.15, -0.1) is 0 Å². The molecule has 9 nitrogen and oxygen atoms in total. The molecule has 32 heavy (non-hydrogen) atoms. The van der Waals surface area contributed by atoms with Gasteiger partial charge in [0.15, 0.2) is 12.2 Å². The number of carbonyl (C=O) groups is 1. The van der Waals surface area contributed by atoms with Crippen molar-refractivity contribution in [1.82, 2.24) is 20.2 Å². The number of nitrogens with zero attached hydrogens (tertiary/aromatic N) is 4. The van der Waals surface area contributed by atoms with Crippen LogP contribution in [0.2, 0.25) is 0 Å².